The van der Waals surface area contributed by atoms with Crippen LogP contribution in [0.2, 0.25) is 0 Å². The molecule has 54 heavy (non-hydrogen) atoms. The maximum absolute atomic E-state index is 12.6. The minimum absolute atomic E-state index is 0.138. The van der Waals surface area contributed by atoms with Crippen molar-refractivity contribution in [3.8, 4) is 0 Å². The highest BCUT2D eigenvalue weighted by Crippen LogP contribution is 2.43. The van der Waals surface area contributed by atoms with Crippen molar-refractivity contribution in [3.05, 3.63) is 60.8 Å². The molecule has 0 saturated heterocycles. The molecule has 0 radical (unpaired) electrons. The van der Waals surface area contributed by atoms with Crippen molar-refractivity contribution >= 4 is 25.7 Å². The fourth-order valence-corrected chi connectivity index (χ4v) is 5.83. The highest BCUT2D eigenvalue weighted by atomic mass is 31.2. The summed E-state index contributed by atoms with van der Waals surface area (Å²) in [5.74, 6) is -2.43. The molecule has 0 rings (SSSR count). The molecular formula is C42H72NO10P. The van der Waals surface area contributed by atoms with Crippen molar-refractivity contribution in [3.63, 3.8) is 0 Å². The van der Waals surface area contributed by atoms with Gasteiger partial charge in [0.05, 0.1) is 13.2 Å². The Morgan fingerprint density at radius 1 is 0.593 bits per heavy atom. The molecule has 0 heterocycles. The highest BCUT2D eigenvalue weighted by Gasteiger charge is 2.28. The summed E-state index contributed by atoms with van der Waals surface area (Å²) in [5.41, 5.74) is 5.32. The van der Waals surface area contributed by atoms with E-state index in [1.165, 1.54) is 19.3 Å². The number of aliphatic carboxylic acids is 1. The van der Waals surface area contributed by atoms with Gasteiger partial charge in [-0.05, 0) is 77.0 Å². The van der Waals surface area contributed by atoms with Gasteiger partial charge in [0.1, 0.15) is 12.6 Å². The van der Waals surface area contributed by atoms with Gasteiger partial charge in [0.2, 0.25) is 0 Å². The fourth-order valence-electron chi connectivity index (χ4n) is 5.05. The largest absolute Gasteiger partial charge is 0.480 e. The summed E-state index contributed by atoms with van der Waals surface area (Å²) in [5, 5.41) is 8.87. The predicted molar refractivity (Wildman–Crippen MR) is 217 cm³/mol. The maximum atomic E-state index is 12.6. The number of rotatable bonds is 37. The Balaban J connectivity index is 4.47. The minimum atomic E-state index is -4.72. The third-order valence-electron chi connectivity index (χ3n) is 8.25. The lowest BCUT2D eigenvalue weighted by molar-refractivity contribution is -0.161. The van der Waals surface area contributed by atoms with Gasteiger partial charge in [-0.2, -0.15) is 0 Å². The molecule has 310 valence electrons. The Morgan fingerprint density at radius 3 is 1.56 bits per heavy atom. The van der Waals surface area contributed by atoms with E-state index in [0.29, 0.717) is 12.8 Å². The number of hydrogen-bond donors (Lipinski definition) is 3. The summed E-state index contributed by atoms with van der Waals surface area (Å²) in [7, 11) is -4.72. The fraction of sp³-hybridized carbons (Fsp3) is 0.690. The zero-order valence-electron chi connectivity index (χ0n) is 33.3. The molecule has 0 amide bonds. The van der Waals surface area contributed by atoms with Crippen molar-refractivity contribution in [2.45, 2.75) is 167 Å². The van der Waals surface area contributed by atoms with Crippen molar-refractivity contribution < 1.29 is 47.5 Å². The van der Waals surface area contributed by atoms with Crippen LogP contribution in [0.1, 0.15) is 155 Å². The summed E-state index contributed by atoms with van der Waals surface area (Å²) in [6.07, 6.45) is 41.4. The van der Waals surface area contributed by atoms with E-state index in [4.69, 9.17) is 24.8 Å². The summed E-state index contributed by atoms with van der Waals surface area (Å²) >= 11 is 0. The second-order valence-electron chi connectivity index (χ2n) is 13.4. The Morgan fingerprint density at radius 2 is 1.04 bits per heavy atom. The van der Waals surface area contributed by atoms with Crippen molar-refractivity contribution in [2.24, 2.45) is 5.73 Å². The molecule has 0 aromatic rings. The minimum Gasteiger partial charge on any atom is -0.480 e. The summed E-state index contributed by atoms with van der Waals surface area (Å²) in [6, 6.07) is -1.53. The Labute approximate surface area is 326 Å². The lowest BCUT2D eigenvalue weighted by Gasteiger charge is -2.20. The topological polar surface area (TPSA) is 172 Å². The number of carbonyl (C=O) groups excluding carboxylic acids is 2. The van der Waals surface area contributed by atoms with Crippen molar-refractivity contribution in [1.29, 1.82) is 0 Å². The average molecular weight is 782 g/mol. The van der Waals surface area contributed by atoms with Crippen molar-refractivity contribution in [2.75, 3.05) is 19.8 Å². The molecule has 0 fully saturated rings. The number of allylic oxidation sites excluding steroid dienone is 10. The molecule has 12 heteroatoms. The molecular weight excluding hydrogens is 709 g/mol. The van der Waals surface area contributed by atoms with Gasteiger partial charge in [-0.15, -0.1) is 0 Å². The second kappa shape index (κ2) is 37.1. The van der Waals surface area contributed by atoms with E-state index in [1.54, 1.807) is 0 Å². The lowest BCUT2D eigenvalue weighted by Crippen LogP contribution is -2.34. The van der Waals surface area contributed by atoms with Crippen LogP contribution in [0, 0.1) is 0 Å². The molecule has 4 N–H and O–H groups in total. The van der Waals surface area contributed by atoms with E-state index in [9.17, 15) is 23.8 Å². The third-order valence-corrected chi connectivity index (χ3v) is 9.20. The first-order chi connectivity index (χ1) is 26.1. The first-order valence-electron chi connectivity index (χ1n) is 20.3. The van der Waals surface area contributed by atoms with Crippen LogP contribution in [-0.2, 0) is 37.5 Å². The van der Waals surface area contributed by atoms with Gasteiger partial charge < -0.3 is 25.2 Å². The molecule has 0 aliphatic rings. The number of ether oxygens (including phenoxy) is 2. The lowest BCUT2D eigenvalue weighted by atomic mass is 10.1. The second-order valence-corrected chi connectivity index (χ2v) is 14.8. The molecule has 0 saturated carbocycles. The summed E-state index contributed by atoms with van der Waals surface area (Å²) in [6.45, 7) is 2.61. The molecule has 0 aromatic heterocycles. The number of esters is 2. The molecule has 3 atom stereocenters. The van der Waals surface area contributed by atoms with Crippen LogP contribution in [0.5, 0.6) is 0 Å². The molecule has 0 spiro atoms. The first kappa shape index (κ1) is 51.2. The summed E-state index contributed by atoms with van der Waals surface area (Å²) in [4.78, 5) is 45.9. The van der Waals surface area contributed by atoms with Gasteiger partial charge in [0.15, 0.2) is 6.10 Å². The number of phosphoric ester groups is 1. The first-order valence-corrected chi connectivity index (χ1v) is 21.8. The molecule has 0 aliphatic heterocycles. The van der Waals surface area contributed by atoms with Crippen LogP contribution in [0.3, 0.4) is 0 Å². The van der Waals surface area contributed by atoms with Crippen molar-refractivity contribution in [1.82, 2.24) is 0 Å². The number of carbonyl (C=O) groups is 3. The Hall–Kier alpha value is -2.82. The maximum Gasteiger partial charge on any atom is 0.472 e. The zero-order chi connectivity index (χ0) is 40.0. The van der Waals surface area contributed by atoms with Crippen LogP contribution >= 0.6 is 7.82 Å². The quantitative estimate of drug-likeness (QED) is 0.0237. The Bertz CT molecular complexity index is 1150. The van der Waals surface area contributed by atoms with Crippen LogP contribution in [-0.4, -0.2) is 59.9 Å². The van der Waals surface area contributed by atoms with E-state index in [-0.39, 0.29) is 19.4 Å². The van der Waals surface area contributed by atoms with Gasteiger partial charge in [-0.3, -0.25) is 23.4 Å². The summed E-state index contributed by atoms with van der Waals surface area (Å²) < 4.78 is 32.6. The third kappa shape index (κ3) is 36.2. The van der Waals surface area contributed by atoms with E-state index in [2.05, 4.69) is 79.1 Å². The number of carboxylic acids is 1. The van der Waals surface area contributed by atoms with E-state index < -0.39 is 51.1 Å². The highest BCUT2D eigenvalue weighted by molar-refractivity contribution is 7.47. The average Bonchev–Trinajstić information content (AvgIpc) is 3.14. The van der Waals surface area contributed by atoms with Crippen LogP contribution in [0.15, 0.2) is 60.8 Å². The number of unbranched alkanes of at least 4 members (excludes halogenated alkanes) is 13. The van der Waals surface area contributed by atoms with Gasteiger partial charge >= 0.3 is 25.7 Å². The Kier molecular flexibility index (Phi) is 35.2. The zero-order valence-corrected chi connectivity index (χ0v) is 34.2. The molecule has 11 nitrogen and oxygen atoms in total. The smallest absolute Gasteiger partial charge is 0.472 e. The molecule has 0 aliphatic carbocycles. The van der Waals surface area contributed by atoms with Gasteiger partial charge in [-0.1, -0.05) is 126 Å². The molecule has 0 aromatic carbocycles. The van der Waals surface area contributed by atoms with Crippen LogP contribution in [0.25, 0.3) is 0 Å². The van der Waals surface area contributed by atoms with Gasteiger partial charge in [0, 0.05) is 12.8 Å². The van der Waals surface area contributed by atoms with Crippen LogP contribution < -0.4 is 5.73 Å². The number of hydrogen-bond acceptors (Lipinski definition) is 9. The van der Waals surface area contributed by atoms with E-state index in [0.717, 1.165) is 96.3 Å². The van der Waals surface area contributed by atoms with Gasteiger partial charge in [0.25, 0.3) is 0 Å². The van der Waals surface area contributed by atoms with E-state index in [1.807, 2.05) is 0 Å². The number of nitrogens with two attached hydrogens (primary N) is 1. The number of carboxylic acid groups (broad SMARTS) is 1. The standard InChI is InChI=1S/C42H72NO10P/c1-3-5-7-9-11-13-15-17-19-21-23-25-27-29-31-33-40(44)50-35-38(36-51-54(48,49)52-37-39(43)42(46)47)53-41(45)34-32-30-28-26-24-22-20-18-16-14-12-10-8-6-4-2/h5,7,11-14,17-20,38-39H,3-4,6,8-10,15-16,21-37,43H2,1-2H3,(H,46,47)(H,48,49)/b7-5-,13-11-,14-12-,19-17-,20-18-/t38-,39+/m1/s1. The molecule has 1 unspecified atom stereocenters. The SMILES string of the molecule is CC/C=C\C/C=C\C/C=C\CCCCCCCC(=O)OC[C@H](COP(=O)(O)OC[C@H](N)C(=O)O)OC(=O)CCCCCCC/C=C\C/C=C\CCCCC. The predicted octanol–water partition coefficient (Wildman–Crippen LogP) is 10.4. The molecule has 0 bridgehead atoms. The number of phosphoric acid groups is 1. The monoisotopic (exact) mass is 781 g/mol. The van der Waals surface area contributed by atoms with E-state index >= 15 is 0 Å². The van der Waals surface area contributed by atoms with Gasteiger partial charge in [-0.25, -0.2) is 4.57 Å². The van der Waals surface area contributed by atoms with Crippen LogP contribution in [0.4, 0.5) is 0 Å². The normalized spacial score (nSPS) is 14.4.